The van der Waals surface area contributed by atoms with Crippen LogP contribution in [0.3, 0.4) is 0 Å². The molecule has 1 heterocycles. The topological polar surface area (TPSA) is 29.3 Å². The number of nitrogens with two attached hydrogens (primary N) is 1. The van der Waals surface area contributed by atoms with Gasteiger partial charge in [-0.05, 0) is 37.5 Å². The van der Waals surface area contributed by atoms with E-state index in [4.69, 9.17) is 5.73 Å². The van der Waals surface area contributed by atoms with Crippen molar-refractivity contribution in [3.8, 4) is 0 Å². The lowest BCUT2D eigenvalue weighted by molar-refractivity contribution is 0.0270. The summed E-state index contributed by atoms with van der Waals surface area (Å²) in [5.41, 5.74) is 6.17. The maximum Gasteiger partial charge on any atom is 0.0171 e. The van der Waals surface area contributed by atoms with Crippen molar-refractivity contribution in [2.24, 2.45) is 17.6 Å². The Balaban J connectivity index is 1.88. The van der Waals surface area contributed by atoms with Crippen molar-refractivity contribution in [2.75, 3.05) is 13.1 Å². The molecule has 4 unspecified atom stereocenters. The number of nitrogens with zero attached hydrogens (tertiary/aromatic N) is 1. The van der Waals surface area contributed by atoms with Gasteiger partial charge in [-0.25, -0.2) is 0 Å². The molecule has 88 valence electrons. The molecule has 0 radical (unpaired) electrons. The number of hydrogen-bond acceptors (Lipinski definition) is 2. The second-order valence-corrected chi connectivity index (χ2v) is 5.73. The van der Waals surface area contributed by atoms with E-state index in [1.54, 1.807) is 0 Å². The second-order valence-electron chi connectivity index (χ2n) is 5.73. The number of piperidine rings is 1. The molecular weight excluding hydrogens is 184 g/mol. The van der Waals surface area contributed by atoms with Gasteiger partial charge in [-0.2, -0.15) is 0 Å². The van der Waals surface area contributed by atoms with Crippen molar-refractivity contribution in [1.82, 2.24) is 4.90 Å². The molecule has 1 aliphatic heterocycles. The smallest absolute Gasteiger partial charge is 0.0171 e. The van der Waals surface area contributed by atoms with Crippen molar-refractivity contribution in [3.63, 3.8) is 0 Å². The lowest BCUT2D eigenvalue weighted by Crippen LogP contribution is -2.55. The van der Waals surface area contributed by atoms with E-state index in [9.17, 15) is 0 Å². The molecule has 2 N–H and O–H groups in total. The van der Waals surface area contributed by atoms with Gasteiger partial charge in [0.2, 0.25) is 0 Å². The quantitative estimate of drug-likeness (QED) is 0.774. The molecule has 15 heavy (non-hydrogen) atoms. The standard InChI is InChI=1S/C13H26N2/c1-3-4-11-7-12(14)9-15(8-11)13-6-5-10(13)2/h10-13H,3-9,14H2,1-2H3. The Kier molecular flexibility index (Phi) is 3.68. The summed E-state index contributed by atoms with van der Waals surface area (Å²) in [6.45, 7) is 7.14. The molecule has 0 aromatic rings. The summed E-state index contributed by atoms with van der Waals surface area (Å²) >= 11 is 0. The number of hydrogen-bond donors (Lipinski definition) is 1. The molecule has 0 spiro atoms. The first-order valence-corrected chi connectivity index (χ1v) is 6.70. The van der Waals surface area contributed by atoms with Gasteiger partial charge in [-0.15, -0.1) is 0 Å². The molecule has 0 aromatic carbocycles. The fourth-order valence-corrected chi connectivity index (χ4v) is 3.36. The van der Waals surface area contributed by atoms with Gasteiger partial charge in [0, 0.05) is 25.2 Å². The molecule has 2 rings (SSSR count). The first-order chi connectivity index (χ1) is 7.20. The molecule has 1 saturated heterocycles. The van der Waals surface area contributed by atoms with Gasteiger partial charge >= 0.3 is 0 Å². The molecule has 0 bridgehead atoms. The van der Waals surface area contributed by atoms with Crippen LogP contribution in [0, 0.1) is 11.8 Å². The molecule has 1 aliphatic carbocycles. The van der Waals surface area contributed by atoms with Gasteiger partial charge in [-0.3, -0.25) is 4.90 Å². The van der Waals surface area contributed by atoms with Gasteiger partial charge < -0.3 is 5.73 Å². The summed E-state index contributed by atoms with van der Waals surface area (Å²) in [6.07, 6.45) is 6.77. The molecular formula is C13H26N2. The van der Waals surface area contributed by atoms with Crippen molar-refractivity contribution in [2.45, 2.75) is 58.0 Å². The maximum atomic E-state index is 6.17. The molecule has 2 aliphatic rings. The van der Waals surface area contributed by atoms with Crippen LogP contribution < -0.4 is 5.73 Å². The minimum Gasteiger partial charge on any atom is -0.327 e. The molecule has 0 amide bonds. The van der Waals surface area contributed by atoms with E-state index < -0.39 is 0 Å². The van der Waals surface area contributed by atoms with E-state index in [0.717, 1.165) is 24.4 Å². The lowest BCUT2D eigenvalue weighted by Gasteiger charge is -2.48. The van der Waals surface area contributed by atoms with Crippen molar-refractivity contribution in [3.05, 3.63) is 0 Å². The predicted octanol–water partition coefficient (Wildman–Crippen LogP) is 2.23. The molecule has 1 saturated carbocycles. The average molecular weight is 210 g/mol. The third-order valence-corrected chi connectivity index (χ3v) is 4.34. The Morgan fingerprint density at radius 1 is 1.27 bits per heavy atom. The van der Waals surface area contributed by atoms with Gasteiger partial charge in [0.25, 0.3) is 0 Å². The third-order valence-electron chi connectivity index (χ3n) is 4.34. The Labute approximate surface area is 94.2 Å². The zero-order chi connectivity index (χ0) is 10.8. The van der Waals surface area contributed by atoms with Crippen LogP contribution in [0.15, 0.2) is 0 Å². The summed E-state index contributed by atoms with van der Waals surface area (Å²) in [5, 5.41) is 0. The van der Waals surface area contributed by atoms with Gasteiger partial charge in [0.1, 0.15) is 0 Å². The highest BCUT2D eigenvalue weighted by molar-refractivity contribution is 4.91. The highest BCUT2D eigenvalue weighted by atomic mass is 15.2. The summed E-state index contributed by atoms with van der Waals surface area (Å²) in [5.74, 6) is 1.78. The fourth-order valence-electron chi connectivity index (χ4n) is 3.36. The Morgan fingerprint density at radius 3 is 2.60 bits per heavy atom. The van der Waals surface area contributed by atoms with E-state index >= 15 is 0 Å². The predicted molar refractivity (Wildman–Crippen MR) is 64.7 cm³/mol. The SMILES string of the molecule is CCCC1CC(N)CN(C2CCC2C)C1. The van der Waals surface area contributed by atoms with E-state index in [0.29, 0.717) is 6.04 Å². The Bertz CT molecular complexity index is 205. The third kappa shape index (κ3) is 2.54. The van der Waals surface area contributed by atoms with E-state index in [1.165, 1.54) is 38.6 Å². The Morgan fingerprint density at radius 2 is 2.07 bits per heavy atom. The van der Waals surface area contributed by atoms with Crippen LogP contribution in [0.1, 0.15) is 46.0 Å². The zero-order valence-corrected chi connectivity index (χ0v) is 10.3. The Hall–Kier alpha value is -0.0800. The molecule has 0 aromatic heterocycles. The van der Waals surface area contributed by atoms with Gasteiger partial charge in [0.05, 0.1) is 0 Å². The van der Waals surface area contributed by atoms with Crippen LogP contribution in [-0.4, -0.2) is 30.1 Å². The van der Waals surface area contributed by atoms with Gasteiger partial charge in [0.15, 0.2) is 0 Å². The van der Waals surface area contributed by atoms with Crippen LogP contribution >= 0.6 is 0 Å². The van der Waals surface area contributed by atoms with Crippen molar-refractivity contribution >= 4 is 0 Å². The first-order valence-electron chi connectivity index (χ1n) is 6.70. The van der Waals surface area contributed by atoms with E-state index in [2.05, 4.69) is 18.7 Å². The normalized spacial score (nSPS) is 42.6. The average Bonchev–Trinajstić information content (AvgIpc) is 2.15. The minimum atomic E-state index is 0.433. The van der Waals surface area contributed by atoms with Crippen molar-refractivity contribution < 1.29 is 0 Å². The molecule has 2 fully saturated rings. The summed E-state index contributed by atoms with van der Waals surface area (Å²) < 4.78 is 0. The van der Waals surface area contributed by atoms with Crippen LogP contribution in [-0.2, 0) is 0 Å². The lowest BCUT2D eigenvalue weighted by atomic mass is 9.78. The number of likely N-dealkylation sites (tertiary alicyclic amines) is 1. The minimum absolute atomic E-state index is 0.433. The van der Waals surface area contributed by atoms with E-state index in [1.807, 2.05) is 0 Å². The van der Waals surface area contributed by atoms with Crippen LogP contribution in [0.5, 0.6) is 0 Å². The van der Waals surface area contributed by atoms with Gasteiger partial charge in [-0.1, -0.05) is 20.3 Å². The van der Waals surface area contributed by atoms with Crippen LogP contribution in [0.4, 0.5) is 0 Å². The zero-order valence-electron chi connectivity index (χ0n) is 10.3. The number of rotatable bonds is 3. The second kappa shape index (κ2) is 4.84. The highest BCUT2D eigenvalue weighted by Crippen LogP contribution is 2.34. The largest absolute Gasteiger partial charge is 0.327 e. The first kappa shape index (κ1) is 11.4. The van der Waals surface area contributed by atoms with Crippen molar-refractivity contribution in [1.29, 1.82) is 0 Å². The summed E-state index contributed by atoms with van der Waals surface area (Å²) in [4.78, 5) is 2.68. The van der Waals surface area contributed by atoms with Crippen LogP contribution in [0.2, 0.25) is 0 Å². The fraction of sp³-hybridized carbons (Fsp3) is 1.00. The monoisotopic (exact) mass is 210 g/mol. The highest BCUT2D eigenvalue weighted by Gasteiger charge is 2.36. The van der Waals surface area contributed by atoms with E-state index in [-0.39, 0.29) is 0 Å². The van der Waals surface area contributed by atoms with Crippen LogP contribution in [0.25, 0.3) is 0 Å². The molecule has 4 atom stereocenters. The maximum absolute atomic E-state index is 6.17. The molecule has 2 heteroatoms. The summed E-state index contributed by atoms with van der Waals surface area (Å²) in [7, 11) is 0. The molecule has 2 nitrogen and oxygen atoms in total. The summed E-state index contributed by atoms with van der Waals surface area (Å²) in [6, 6.07) is 1.29.